The lowest BCUT2D eigenvalue weighted by molar-refractivity contribution is 0.131. The molecule has 0 saturated heterocycles. The third-order valence-corrected chi connectivity index (χ3v) is 6.23. The number of fused-ring (bicyclic) bond motifs is 1. The number of nitrogens with zero attached hydrogens (tertiary/aromatic N) is 1. The van der Waals surface area contributed by atoms with E-state index in [4.69, 9.17) is 27.9 Å². The van der Waals surface area contributed by atoms with Crippen LogP contribution in [0.4, 0.5) is 0 Å². The first-order valence-electron chi connectivity index (χ1n) is 8.08. The number of rotatable bonds is 3. The van der Waals surface area contributed by atoms with Gasteiger partial charge in [0.15, 0.2) is 0 Å². The van der Waals surface area contributed by atoms with E-state index in [1.165, 1.54) is 20.9 Å². The standard InChI is InChI=1S/C20H17Cl2NOS.ClH/c1-23-11-18(24-14-7-8-16(21)17(22)9-14)15-10-19(25-20(15)12-23)13-5-3-2-4-6-13;/h2-10,18H,11-12H2,1H3;1H. The summed E-state index contributed by atoms with van der Waals surface area (Å²) >= 11 is 14.0. The summed E-state index contributed by atoms with van der Waals surface area (Å²) in [5.41, 5.74) is 2.52. The molecule has 6 heteroatoms. The summed E-state index contributed by atoms with van der Waals surface area (Å²) in [5.74, 6) is 0.744. The highest BCUT2D eigenvalue weighted by atomic mass is 35.5. The highest BCUT2D eigenvalue weighted by molar-refractivity contribution is 7.15. The Kier molecular flexibility index (Phi) is 6.16. The largest absolute Gasteiger partial charge is 0.484 e. The van der Waals surface area contributed by atoms with Crippen molar-refractivity contribution in [3.63, 3.8) is 0 Å². The van der Waals surface area contributed by atoms with Crippen LogP contribution in [0.25, 0.3) is 10.4 Å². The van der Waals surface area contributed by atoms with Gasteiger partial charge < -0.3 is 4.74 Å². The lowest BCUT2D eigenvalue weighted by Crippen LogP contribution is -2.31. The van der Waals surface area contributed by atoms with Crippen molar-refractivity contribution < 1.29 is 4.74 Å². The number of hydrogen-bond acceptors (Lipinski definition) is 3. The van der Waals surface area contributed by atoms with Crippen LogP contribution < -0.4 is 4.74 Å². The number of likely N-dealkylation sites (N-methyl/N-ethyl adjacent to an activating group) is 1. The minimum absolute atomic E-state index is 0. The zero-order valence-electron chi connectivity index (χ0n) is 14.1. The van der Waals surface area contributed by atoms with E-state index in [2.05, 4.69) is 42.3 Å². The Bertz CT molecular complexity index is 897. The summed E-state index contributed by atoms with van der Waals surface area (Å²) in [6, 6.07) is 18.2. The van der Waals surface area contributed by atoms with E-state index in [0.29, 0.717) is 10.0 Å². The van der Waals surface area contributed by atoms with E-state index in [0.717, 1.165) is 18.8 Å². The Labute approximate surface area is 173 Å². The molecule has 136 valence electrons. The molecule has 1 aromatic heterocycles. The van der Waals surface area contributed by atoms with E-state index in [1.54, 1.807) is 12.1 Å². The SMILES string of the molecule is CN1Cc2sc(-c3ccccc3)cc2C(Oc2ccc(Cl)c(Cl)c2)C1.Cl. The van der Waals surface area contributed by atoms with E-state index >= 15 is 0 Å². The van der Waals surface area contributed by atoms with Crippen molar-refractivity contribution in [3.8, 4) is 16.2 Å². The van der Waals surface area contributed by atoms with Crippen LogP contribution in [0, 0.1) is 0 Å². The molecule has 2 nitrogen and oxygen atoms in total. The molecule has 26 heavy (non-hydrogen) atoms. The van der Waals surface area contributed by atoms with Crippen molar-refractivity contribution in [2.75, 3.05) is 13.6 Å². The van der Waals surface area contributed by atoms with Gasteiger partial charge in [0.2, 0.25) is 0 Å². The molecule has 1 unspecified atom stereocenters. The molecule has 0 spiro atoms. The number of ether oxygens (including phenoxy) is 1. The van der Waals surface area contributed by atoms with Crippen molar-refractivity contribution in [2.24, 2.45) is 0 Å². The van der Waals surface area contributed by atoms with E-state index < -0.39 is 0 Å². The van der Waals surface area contributed by atoms with Gasteiger partial charge in [0.05, 0.1) is 10.0 Å². The average Bonchev–Trinajstić information content (AvgIpc) is 3.03. The molecule has 0 N–H and O–H groups in total. The molecule has 3 aromatic rings. The maximum atomic E-state index is 6.26. The van der Waals surface area contributed by atoms with Crippen LogP contribution in [-0.4, -0.2) is 18.5 Å². The summed E-state index contributed by atoms with van der Waals surface area (Å²) in [7, 11) is 2.12. The maximum Gasteiger partial charge on any atom is 0.137 e. The second-order valence-corrected chi connectivity index (χ2v) is 8.19. The number of benzene rings is 2. The van der Waals surface area contributed by atoms with E-state index in [1.807, 2.05) is 23.5 Å². The molecule has 0 radical (unpaired) electrons. The molecular formula is C20H18Cl3NOS. The summed E-state index contributed by atoms with van der Waals surface area (Å²) < 4.78 is 6.26. The highest BCUT2D eigenvalue weighted by Gasteiger charge is 2.27. The first kappa shape index (κ1) is 19.5. The number of hydrogen-bond donors (Lipinski definition) is 0. The van der Waals surface area contributed by atoms with Crippen molar-refractivity contribution in [2.45, 2.75) is 12.6 Å². The van der Waals surface area contributed by atoms with Gasteiger partial charge in [0.1, 0.15) is 11.9 Å². The zero-order chi connectivity index (χ0) is 17.4. The summed E-state index contributed by atoms with van der Waals surface area (Å²) in [4.78, 5) is 4.93. The van der Waals surface area contributed by atoms with Crippen LogP contribution in [0.15, 0.2) is 54.6 Å². The fraction of sp³-hybridized carbons (Fsp3) is 0.200. The van der Waals surface area contributed by atoms with Crippen LogP contribution in [-0.2, 0) is 6.54 Å². The van der Waals surface area contributed by atoms with Gasteiger partial charge in [-0.2, -0.15) is 0 Å². The minimum atomic E-state index is -0.0142. The van der Waals surface area contributed by atoms with Crippen molar-refractivity contribution >= 4 is 46.9 Å². The fourth-order valence-corrected chi connectivity index (χ4v) is 4.68. The van der Waals surface area contributed by atoms with Crippen molar-refractivity contribution in [3.05, 3.63) is 75.1 Å². The molecule has 2 aromatic carbocycles. The van der Waals surface area contributed by atoms with Crippen LogP contribution in [0.5, 0.6) is 5.75 Å². The summed E-state index contributed by atoms with van der Waals surface area (Å²) in [5, 5.41) is 1.05. The lowest BCUT2D eigenvalue weighted by atomic mass is 10.0. The second-order valence-electron chi connectivity index (χ2n) is 6.23. The Morgan fingerprint density at radius 2 is 1.81 bits per heavy atom. The minimum Gasteiger partial charge on any atom is -0.484 e. The zero-order valence-corrected chi connectivity index (χ0v) is 17.3. The lowest BCUT2D eigenvalue weighted by Gasteiger charge is -2.30. The van der Waals surface area contributed by atoms with Crippen LogP contribution >= 0.6 is 46.9 Å². The Morgan fingerprint density at radius 3 is 2.54 bits per heavy atom. The maximum absolute atomic E-state index is 6.26. The van der Waals surface area contributed by atoms with Crippen molar-refractivity contribution in [1.29, 1.82) is 0 Å². The topological polar surface area (TPSA) is 12.5 Å². The average molecular weight is 427 g/mol. The third-order valence-electron chi connectivity index (χ3n) is 4.31. The second kappa shape index (κ2) is 8.20. The molecule has 1 aliphatic rings. The van der Waals surface area contributed by atoms with Crippen LogP contribution in [0.1, 0.15) is 16.5 Å². The molecule has 0 aliphatic carbocycles. The Morgan fingerprint density at radius 1 is 1.04 bits per heavy atom. The van der Waals surface area contributed by atoms with Gasteiger partial charge in [-0.05, 0) is 30.8 Å². The fourth-order valence-electron chi connectivity index (χ4n) is 3.09. The first-order chi connectivity index (χ1) is 12.1. The van der Waals surface area contributed by atoms with Crippen LogP contribution in [0.2, 0.25) is 10.0 Å². The molecule has 0 fully saturated rings. The van der Waals surface area contributed by atoms with Gasteiger partial charge in [-0.15, -0.1) is 23.7 Å². The van der Waals surface area contributed by atoms with Gasteiger partial charge in [0.25, 0.3) is 0 Å². The predicted octanol–water partition coefficient (Wildman–Crippen LogP) is 6.71. The van der Waals surface area contributed by atoms with Crippen molar-refractivity contribution in [1.82, 2.24) is 4.90 Å². The van der Waals surface area contributed by atoms with Gasteiger partial charge in [-0.1, -0.05) is 53.5 Å². The molecular weight excluding hydrogens is 409 g/mol. The number of thiophene rings is 1. The summed E-state index contributed by atoms with van der Waals surface area (Å²) in [6.07, 6.45) is -0.0142. The first-order valence-corrected chi connectivity index (χ1v) is 9.65. The monoisotopic (exact) mass is 425 g/mol. The molecule has 4 rings (SSSR count). The Hall–Kier alpha value is -1.23. The normalized spacial score (nSPS) is 16.7. The van der Waals surface area contributed by atoms with E-state index in [-0.39, 0.29) is 18.5 Å². The van der Waals surface area contributed by atoms with E-state index in [9.17, 15) is 0 Å². The van der Waals surface area contributed by atoms with Gasteiger partial charge in [0, 0.05) is 34.5 Å². The van der Waals surface area contributed by atoms with Gasteiger partial charge >= 0.3 is 0 Å². The smallest absolute Gasteiger partial charge is 0.137 e. The van der Waals surface area contributed by atoms with Gasteiger partial charge in [-0.25, -0.2) is 0 Å². The summed E-state index contributed by atoms with van der Waals surface area (Å²) in [6.45, 7) is 1.80. The number of halogens is 3. The molecule has 1 atom stereocenters. The predicted molar refractivity (Wildman–Crippen MR) is 113 cm³/mol. The Balaban J connectivity index is 0.00000196. The molecule has 1 aliphatic heterocycles. The van der Waals surface area contributed by atoms with Gasteiger partial charge in [-0.3, -0.25) is 4.90 Å². The van der Waals surface area contributed by atoms with Crippen LogP contribution in [0.3, 0.4) is 0 Å². The highest BCUT2D eigenvalue weighted by Crippen LogP contribution is 2.40. The quantitative estimate of drug-likeness (QED) is 0.461. The third kappa shape index (κ3) is 4.03. The molecule has 0 bridgehead atoms. The molecule has 0 saturated carbocycles. The molecule has 2 heterocycles. The molecule has 0 amide bonds.